The van der Waals surface area contributed by atoms with Crippen LogP contribution in [-0.4, -0.2) is 32.6 Å². The highest BCUT2D eigenvalue weighted by molar-refractivity contribution is 7.89. The van der Waals surface area contributed by atoms with Crippen molar-refractivity contribution in [1.29, 1.82) is 0 Å². The number of methoxy groups -OCH3 is 1. The molecular weight excluding hydrogens is 294 g/mol. The maximum Gasteiger partial charge on any atom is 0.306 e. The number of nitrogens with one attached hydrogen (secondary N) is 1. The van der Waals surface area contributed by atoms with E-state index in [1.807, 2.05) is 0 Å². The lowest BCUT2D eigenvalue weighted by molar-refractivity contribution is -0.141. The van der Waals surface area contributed by atoms with Crippen LogP contribution in [0.25, 0.3) is 0 Å². The van der Waals surface area contributed by atoms with Crippen molar-refractivity contribution in [3.8, 4) is 5.75 Å². The lowest BCUT2D eigenvalue weighted by Crippen LogP contribution is -2.33. The molecule has 0 bridgehead atoms. The monoisotopic (exact) mass is 313 g/mol. The average Bonchev–Trinajstić information content (AvgIpc) is 2.86. The zero-order valence-corrected chi connectivity index (χ0v) is 12.8. The summed E-state index contributed by atoms with van der Waals surface area (Å²) in [4.78, 5) is 11.1. The Hall–Kier alpha value is -1.60. The smallest absolute Gasteiger partial charge is 0.306 e. The van der Waals surface area contributed by atoms with Gasteiger partial charge in [0.15, 0.2) is 0 Å². The van der Waals surface area contributed by atoms with Gasteiger partial charge in [-0.05, 0) is 49.9 Å². The summed E-state index contributed by atoms with van der Waals surface area (Å²) >= 11 is 0. The fourth-order valence-electron chi connectivity index (χ4n) is 2.62. The molecule has 0 unspecified atom stereocenters. The highest BCUT2D eigenvalue weighted by Crippen LogP contribution is 2.28. The van der Waals surface area contributed by atoms with Gasteiger partial charge in [0.05, 0.1) is 17.9 Å². The highest BCUT2D eigenvalue weighted by atomic mass is 32.2. The maximum atomic E-state index is 12.3. The number of sulfonamides is 1. The number of rotatable bonds is 5. The Morgan fingerprint density at radius 2 is 2.10 bits per heavy atom. The van der Waals surface area contributed by atoms with E-state index in [4.69, 9.17) is 9.84 Å². The quantitative estimate of drug-likeness (QED) is 0.860. The van der Waals surface area contributed by atoms with Gasteiger partial charge in [-0.25, -0.2) is 13.1 Å². The summed E-state index contributed by atoms with van der Waals surface area (Å²) in [6.07, 6.45) is 1.39. The zero-order valence-electron chi connectivity index (χ0n) is 12.0. The molecule has 21 heavy (non-hydrogen) atoms. The number of ether oxygens (including phenoxy) is 1. The summed E-state index contributed by atoms with van der Waals surface area (Å²) in [7, 11) is -2.11. The zero-order chi connectivity index (χ0) is 15.6. The molecule has 2 rings (SSSR count). The fraction of sp³-hybridized carbons (Fsp3) is 0.500. The number of hydrogen-bond donors (Lipinski definition) is 2. The first kappa shape index (κ1) is 15.8. The molecule has 6 nitrogen and oxygen atoms in total. The van der Waals surface area contributed by atoms with Gasteiger partial charge in [-0.2, -0.15) is 0 Å². The van der Waals surface area contributed by atoms with Crippen molar-refractivity contribution in [3.63, 3.8) is 0 Å². The Morgan fingerprint density at radius 1 is 1.38 bits per heavy atom. The minimum absolute atomic E-state index is 0.166. The summed E-state index contributed by atoms with van der Waals surface area (Å²) in [5.74, 6) is -0.701. The van der Waals surface area contributed by atoms with Crippen LogP contribution in [-0.2, 0) is 14.8 Å². The van der Waals surface area contributed by atoms with E-state index < -0.39 is 21.9 Å². The van der Waals surface area contributed by atoms with Gasteiger partial charge in [-0.3, -0.25) is 4.79 Å². The van der Waals surface area contributed by atoms with Gasteiger partial charge in [0, 0.05) is 6.04 Å². The van der Waals surface area contributed by atoms with E-state index >= 15 is 0 Å². The molecular formula is C14H19NO5S. The molecule has 2 N–H and O–H groups in total. The normalized spacial score (nSPS) is 22.2. The molecule has 0 radical (unpaired) electrons. The lowest BCUT2D eigenvalue weighted by atomic mass is 10.1. The van der Waals surface area contributed by atoms with Crippen LogP contribution in [0.2, 0.25) is 0 Å². The molecule has 0 spiro atoms. The van der Waals surface area contributed by atoms with Crippen molar-refractivity contribution in [1.82, 2.24) is 4.72 Å². The first-order valence-electron chi connectivity index (χ1n) is 6.73. The number of benzene rings is 1. The van der Waals surface area contributed by atoms with E-state index in [0.29, 0.717) is 25.0 Å². The molecule has 1 saturated carbocycles. The van der Waals surface area contributed by atoms with Crippen LogP contribution in [0.3, 0.4) is 0 Å². The van der Waals surface area contributed by atoms with Gasteiger partial charge in [0.25, 0.3) is 0 Å². The Morgan fingerprint density at radius 3 is 2.62 bits per heavy atom. The van der Waals surface area contributed by atoms with Gasteiger partial charge in [-0.15, -0.1) is 0 Å². The van der Waals surface area contributed by atoms with Crippen molar-refractivity contribution in [2.75, 3.05) is 7.11 Å². The van der Waals surface area contributed by atoms with Crippen LogP contribution < -0.4 is 9.46 Å². The predicted octanol–water partition coefficient (Wildman–Crippen LogP) is 1.54. The second-order valence-corrected chi connectivity index (χ2v) is 7.01. The molecule has 1 aromatic rings. The van der Waals surface area contributed by atoms with Gasteiger partial charge in [-0.1, -0.05) is 0 Å². The van der Waals surface area contributed by atoms with Crippen LogP contribution in [0, 0.1) is 12.8 Å². The van der Waals surface area contributed by atoms with Crippen LogP contribution >= 0.6 is 0 Å². The Labute approximate surface area is 124 Å². The summed E-state index contributed by atoms with van der Waals surface area (Å²) in [5, 5.41) is 8.95. The minimum atomic E-state index is -3.64. The number of hydrogen-bond acceptors (Lipinski definition) is 4. The van der Waals surface area contributed by atoms with Crippen LogP contribution in [0.1, 0.15) is 24.8 Å². The van der Waals surface area contributed by atoms with E-state index in [9.17, 15) is 13.2 Å². The molecule has 0 heterocycles. The highest BCUT2D eigenvalue weighted by Gasteiger charge is 2.32. The maximum absolute atomic E-state index is 12.3. The molecule has 7 heteroatoms. The van der Waals surface area contributed by atoms with Crippen molar-refractivity contribution in [2.24, 2.45) is 5.92 Å². The molecule has 0 aliphatic heterocycles. The second kappa shape index (κ2) is 6.03. The first-order valence-corrected chi connectivity index (χ1v) is 8.21. The third kappa shape index (κ3) is 3.54. The molecule has 1 fully saturated rings. The largest absolute Gasteiger partial charge is 0.496 e. The Kier molecular flexibility index (Phi) is 4.53. The summed E-state index contributed by atoms with van der Waals surface area (Å²) in [6.45, 7) is 1.77. The number of carbonyl (C=O) groups is 1. The molecule has 0 aromatic heterocycles. The molecule has 1 aromatic carbocycles. The Bertz CT molecular complexity index is 641. The van der Waals surface area contributed by atoms with Crippen LogP contribution in [0.5, 0.6) is 5.75 Å². The number of carboxylic acid groups (broad SMARTS) is 1. The predicted molar refractivity (Wildman–Crippen MR) is 76.8 cm³/mol. The van der Waals surface area contributed by atoms with Gasteiger partial charge >= 0.3 is 5.97 Å². The standard InChI is InChI=1S/C14H19NO5S/c1-9-7-12(5-6-13(9)20-2)21(18,19)15-11-4-3-10(8-11)14(16)17/h5-7,10-11,15H,3-4,8H2,1-2H3,(H,16,17)/t10-,11+/m1/s1. The minimum Gasteiger partial charge on any atom is -0.496 e. The number of aliphatic carboxylic acids is 1. The lowest BCUT2D eigenvalue weighted by Gasteiger charge is -2.14. The second-order valence-electron chi connectivity index (χ2n) is 5.30. The van der Waals surface area contributed by atoms with Gasteiger partial charge in [0.2, 0.25) is 10.0 Å². The third-order valence-corrected chi connectivity index (χ3v) is 5.30. The summed E-state index contributed by atoms with van der Waals surface area (Å²) < 4.78 is 32.3. The number of carboxylic acids is 1. The van der Waals surface area contributed by atoms with E-state index in [1.54, 1.807) is 19.1 Å². The van der Waals surface area contributed by atoms with Crippen LogP contribution in [0.15, 0.2) is 23.1 Å². The van der Waals surface area contributed by atoms with E-state index in [-0.39, 0.29) is 10.9 Å². The SMILES string of the molecule is COc1ccc(S(=O)(=O)N[C@H]2CC[C@@H](C(=O)O)C2)cc1C. The molecule has 1 aliphatic rings. The van der Waals surface area contributed by atoms with E-state index in [1.165, 1.54) is 13.2 Å². The van der Waals surface area contributed by atoms with Crippen molar-refractivity contribution in [2.45, 2.75) is 37.1 Å². The molecule has 116 valence electrons. The first-order chi connectivity index (χ1) is 9.83. The van der Waals surface area contributed by atoms with Crippen LogP contribution in [0.4, 0.5) is 0 Å². The van der Waals surface area contributed by atoms with E-state index in [2.05, 4.69) is 4.72 Å². The fourth-order valence-corrected chi connectivity index (χ4v) is 3.99. The average molecular weight is 313 g/mol. The topological polar surface area (TPSA) is 92.7 Å². The van der Waals surface area contributed by atoms with Crippen molar-refractivity contribution in [3.05, 3.63) is 23.8 Å². The molecule has 0 amide bonds. The number of aryl methyl sites for hydroxylation is 1. The third-order valence-electron chi connectivity index (χ3n) is 3.78. The molecule has 0 saturated heterocycles. The Balaban J connectivity index is 2.12. The van der Waals surface area contributed by atoms with Crippen molar-refractivity contribution < 1.29 is 23.1 Å². The van der Waals surface area contributed by atoms with E-state index in [0.717, 1.165) is 5.56 Å². The summed E-state index contributed by atoms with van der Waals surface area (Å²) in [5.41, 5.74) is 0.732. The van der Waals surface area contributed by atoms with Gasteiger partial charge < -0.3 is 9.84 Å². The van der Waals surface area contributed by atoms with Gasteiger partial charge in [0.1, 0.15) is 5.75 Å². The molecule has 1 aliphatic carbocycles. The summed E-state index contributed by atoms with van der Waals surface area (Å²) in [6, 6.07) is 4.32. The van der Waals surface area contributed by atoms with Crippen molar-refractivity contribution >= 4 is 16.0 Å². The molecule has 2 atom stereocenters.